The standard InChI is InChI=1S/C6H10O2.Ca.2H/c7-6-4-2-1-3-5-8-6;;;/h1-5H2;;;. The number of cyclic esters (lactones) is 1. The molecule has 0 unspecified atom stereocenters. The third kappa shape index (κ3) is 4.18. The Kier molecular flexibility index (Phi) is 5.96. The van der Waals surface area contributed by atoms with Gasteiger partial charge in [0.2, 0.25) is 0 Å². The normalized spacial score (nSPS) is 19.3. The van der Waals surface area contributed by atoms with Gasteiger partial charge in [0, 0.05) is 6.42 Å². The second kappa shape index (κ2) is 5.51. The van der Waals surface area contributed by atoms with E-state index < -0.39 is 0 Å². The number of hydrogen-bond acceptors (Lipinski definition) is 2. The molecule has 0 aliphatic carbocycles. The summed E-state index contributed by atoms with van der Waals surface area (Å²) in [7, 11) is 0. The van der Waals surface area contributed by atoms with Gasteiger partial charge in [0.15, 0.2) is 0 Å². The summed E-state index contributed by atoms with van der Waals surface area (Å²) in [5, 5.41) is 0. The van der Waals surface area contributed by atoms with Gasteiger partial charge < -0.3 is 4.74 Å². The van der Waals surface area contributed by atoms with Crippen molar-refractivity contribution < 1.29 is 9.53 Å². The first-order chi connectivity index (χ1) is 3.89. The van der Waals surface area contributed by atoms with Crippen molar-refractivity contribution in [1.29, 1.82) is 0 Å². The van der Waals surface area contributed by atoms with Crippen molar-refractivity contribution in [3.05, 3.63) is 0 Å². The molecule has 0 saturated carbocycles. The quantitative estimate of drug-likeness (QED) is 0.369. The SMILES string of the molecule is O=C1CCCCCO1.[CaH2]. The van der Waals surface area contributed by atoms with Crippen LogP contribution in [0.2, 0.25) is 0 Å². The molecule has 0 amide bonds. The predicted octanol–water partition coefficient (Wildman–Crippen LogP) is 0.187. The molecular weight excluding hydrogens is 144 g/mol. The summed E-state index contributed by atoms with van der Waals surface area (Å²) in [6.07, 6.45) is 3.83. The van der Waals surface area contributed by atoms with Crippen LogP contribution in [0.5, 0.6) is 0 Å². The summed E-state index contributed by atoms with van der Waals surface area (Å²) in [4.78, 5) is 10.5. The van der Waals surface area contributed by atoms with Crippen LogP contribution in [-0.2, 0) is 9.53 Å². The van der Waals surface area contributed by atoms with Gasteiger partial charge in [-0.2, -0.15) is 0 Å². The Morgan fingerprint density at radius 3 is 2.78 bits per heavy atom. The molecule has 0 aromatic rings. The van der Waals surface area contributed by atoms with Crippen LogP contribution in [0, 0.1) is 0 Å². The van der Waals surface area contributed by atoms with E-state index in [1.807, 2.05) is 0 Å². The Hall–Kier alpha value is 0.730. The molecule has 1 fully saturated rings. The summed E-state index contributed by atoms with van der Waals surface area (Å²) >= 11 is 0. The fourth-order valence-corrected chi connectivity index (χ4v) is 0.806. The van der Waals surface area contributed by atoms with Crippen molar-refractivity contribution >= 4 is 43.7 Å². The zero-order valence-corrected chi connectivity index (χ0v) is 4.85. The van der Waals surface area contributed by atoms with E-state index in [2.05, 4.69) is 0 Å². The van der Waals surface area contributed by atoms with Crippen molar-refractivity contribution in [3.63, 3.8) is 0 Å². The number of carbonyl (C=O) groups excluding carboxylic acids is 1. The summed E-state index contributed by atoms with van der Waals surface area (Å²) in [6, 6.07) is 0. The van der Waals surface area contributed by atoms with E-state index in [-0.39, 0.29) is 43.7 Å². The van der Waals surface area contributed by atoms with Crippen LogP contribution in [0.25, 0.3) is 0 Å². The van der Waals surface area contributed by atoms with Crippen molar-refractivity contribution in [2.24, 2.45) is 0 Å². The van der Waals surface area contributed by atoms with Gasteiger partial charge >= 0.3 is 43.7 Å². The van der Waals surface area contributed by atoms with Gasteiger partial charge in [-0.25, -0.2) is 0 Å². The molecule has 0 spiro atoms. The molecule has 0 atom stereocenters. The molecule has 9 heavy (non-hydrogen) atoms. The Bertz CT molecular complexity index is 83.1. The molecule has 1 rings (SSSR count). The molecule has 50 valence electrons. The first-order valence-electron chi connectivity index (χ1n) is 3.05. The van der Waals surface area contributed by atoms with Crippen molar-refractivity contribution in [1.82, 2.24) is 0 Å². The van der Waals surface area contributed by atoms with Gasteiger partial charge in [-0.3, -0.25) is 4.79 Å². The van der Waals surface area contributed by atoms with Gasteiger partial charge in [-0.1, -0.05) is 0 Å². The summed E-state index contributed by atoms with van der Waals surface area (Å²) in [5.74, 6) is -0.0255. The van der Waals surface area contributed by atoms with E-state index in [0.29, 0.717) is 13.0 Å². The minimum absolute atomic E-state index is 0. The van der Waals surface area contributed by atoms with Crippen molar-refractivity contribution in [2.45, 2.75) is 25.7 Å². The van der Waals surface area contributed by atoms with Crippen LogP contribution in [0.4, 0.5) is 0 Å². The molecule has 0 bridgehead atoms. The minimum atomic E-state index is -0.0255. The number of ether oxygens (including phenoxy) is 1. The molecule has 2 nitrogen and oxygen atoms in total. The molecule has 1 aliphatic rings. The molecular formula is C6H12CaO2. The third-order valence-corrected chi connectivity index (χ3v) is 1.29. The van der Waals surface area contributed by atoms with Crippen LogP contribution in [-0.4, -0.2) is 50.3 Å². The van der Waals surface area contributed by atoms with Gasteiger partial charge in [-0.05, 0) is 19.3 Å². The topological polar surface area (TPSA) is 26.3 Å². The second-order valence-electron chi connectivity index (χ2n) is 2.03. The summed E-state index contributed by atoms with van der Waals surface area (Å²) < 4.78 is 4.76. The zero-order chi connectivity index (χ0) is 5.82. The van der Waals surface area contributed by atoms with Crippen LogP contribution >= 0.6 is 0 Å². The first-order valence-corrected chi connectivity index (χ1v) is 3.05. The maximum atomic E-state index is 10.5. The van der Waals surface area contributed by atoms with Crippen molar-refractivity contribution in [2.75, 3.05) is 6.61 Å². The second-order valence-corrected chi connectivity index (χ2v) is 2.03. The van der Waals surface area contributed by atoms with Gasteiger partial charge in [0.25, 0.3) is 0 Å². The molecule has 0 aromatic carbocycles. The van der Waals surface area contributed by atoms with Gasteiger partial charge in [0.05, 0.1) is 6.61 Å². The van der Waals surface area contributed by atoms with E-state index in [4.69, 9.17) is 4.74 Å². The van der Waals surface area contributed by atoms with Crippen LogP contribution < -0.4 is 0 Å². The fraction of sp³-hybridized carbons (Fsp3) is 0.833. The monoisotopic (exact) mass is 156 g/mol. The average molecular weight is 156 g/mol. The zero-order valence-electron chi connectivity index (χ0n) is 4.85. The van der Waals surface area contributed by atoms with Crippen LogP contribution in [0.3, 0.4) is 0 Å². The first kappa shape index (κ1) is 9.73. The Morgan fingerprint density at radius 1 is 1.22 bits per heavy atom. The fourth-order valence-electron chi connectivity index (χ4n) is 0.806. The van der Waals surface area contributed by atoms with Crippen molar-refractivity contribution in [3.8, 4) is 0 Å². The van der Waals surface area contributed by atoms with Crippen LogP contribution in [0.1, 0.15) is 25.7 Å². The number of esters is 1. The Balaban J connectivity index is 0.000000640. The number of rotatable bonds is 0. The van der Waals surface area contributed by atoms with E-state index in [0.717, 1.165) is 19.3 Å². The number of carbonyl (C=O) groups is 1. The predicted molar refractivity (Wildman–Crippen MR) is 38.0 cm³/mol. The molecule has 0 aromatic heterocycles. The van der Waals surface area contributed by atoms with E-state index >= 15 is 0 Å². The number of hydrogen-bond donors (Lipinski definition) is 0. The van der Waals surface area contributed by atoms with E-state index in [9.17, 15) is 4.79 Å². The third-order valence-electron chi connectivity index (χ3n) is 1.29. The summed E-state index contributed by atoms with van der Waals surface area (Å²) in [5.41, 5.74) is 0. The maximum absolute atomic E-state index is 10.5. The van der Waals surface area contributed by atoms with Crippen LogP contribution in [0.15, 0.2) is 0 Å². The summed E-state index contributed by atoms with van der Waals surface area (Å²) in [6.45, 7) is 0.638. The molecule has 1 aliphatic heterocycles. The molecule has 0 radical (unpaired) electrons. The van der Waals surface area contributed by atoms with Gasteiger partial charge in [-0.15, -0.1) is 0 Å². The van der Waals surface area contributed by atoms with Gasteiger partial charge in [0.1, 0.15) is 0 Å². The Morgan fingerprint density at radius 2 is 2.00 bits per heavy atom. The Labute approximate surface area is 84.9 Å². The van der Waals surface area contributed by atoms with E-state index in [1.54, 1.807) is 0 Å². The van der Waals surface area contributed by atoms with E-state index in [1.165, 1.54) is 0 Å². The average Bonchev–Trinajstić information content (AvgIpc) is 1.94. The molecule has 1 saturated heterocycles. The molecule has 0 N–H and O–H groups in total. The molecule has 3 heteroatoms. The molecule has 1 heterocycles.